The van der Waals surface area contributed by atoms with Gasteiger partial charge in [-0.25, -0.2) is 19.9 Å². The maximum absolute atomic E-state index is 9.47. The summed E-state index contributed by atoms with van der Waals surface area (Å²) in [5.41, 5.74) is 1.31. The van der Waals surface area contributed by atoms with Gasteiger partial charge in [-0.2, -0.15) is 0 Å². The number of hydrogen-bond acceptors (Lipinski definition) is 6. The quantitative estimate of drug-likeness (QED) is 0.842. The van der Waals surface area contributed by atoms with Gasteiger partial charge < -0.3 is 10.0 Å². The summed E-state index contributed by atoms with van der Waals surface area (Å²) in [4.78, 5) is 19.1. The Labute approximate surface area is 105 Å². The molecule has 0 aromatic carbocycles. The SMILES string of the molecule is OC[C@@H]1CCCCN1c1ncnc2nccnc12. The molecule has 0 radical (unpaired) electrons. The predicted molar refractivity (Wildman–Crippen MR) is 67.2 cm³/mol. The Bertz CT molecular complexity index is 541. The molecule has 0 bridgehead atoms. The number of rotatable bonds is 2. The summed E-state index contributed by atoms with van der Waals surface area (Å²) in [5, 5.41) is 9.47. The summed E-state index contributed by atoms with van der Waals surface area (Å²) in [6.45, 7) is 1.04. The van der Waals surface area contributed by atoms with E-state index in [1.165, 1.54) is 6.33 Å². The van der Waals surface area contributed by atoms with Crippen LogP contribution in [0.4, 0.5) is 5.82 Å². The first kappa shape index (κ1) is 11.3. The molecule has 1 N–H and O–H groups in total. The van der Waals surface area contributed by atoms with Crippen LogP contribution in [0.2, 0.25) is 0 Å². The van der Waals surface area contributed by atoms with Crippen molar-refractivity contribution in [3.05, 3.63) is 18.7 Å². The average Bonchev–Trinajstić information content (AvgIpc) is 2.46. The summed E-state index contributed by atoms with van der Waals surface area (Å²) >= 11 is 0. The zero-order valence-corrected chi connectivity index (χ0v) is 10.0. The van der Waals surface area contributed by atoms with Crippen molar-refractivity contribution in [3.63, 3.8) is 0 Å². The van der Waals surface area contributed by atoms with E-state index in [1.54, 1.807) is 12.4 Å². The first-order chi connectivity index (χ1) is 8.90. The Kier molecular flexibility index (Phi) is 3.02. The van der Waals surface area contributed by atoms with Crippen LogP contribution in [-0.2, 0) is 0 Å². The number of hydrogen-bond donors (Lipinski definition) is 1. The van der Waals surface area contributed by atoms with Crippen molar-refractivity contribution >= 4 is 17.0 Å². The monoisotopic (exact) mass is 245 g/mol. The van der Waals surface area contributed by atoms with Crippen LogP contribution >= 0.6 is 0 Å². The van der Waals surface area contributed by atoms with Gasteiger partial charge in [0.05, 0.1) is 12.6 Å². The lowest BCUT2D eigenvalue weighted by atomic mass is 10.0. The Hall–Kier alpha value is -1.82. The van der Waals surface area contributed by atoms with Crippen LogP contribution in [0.5, 0.6) is 0 Å². The average molecular weight is 245 g/mol. The molecule has 3 heterocycles. The van der Waals surface area contributed by atoms with Gasteiger partial charge in [-0.1, -0.05) is 0 Å². The normalized spacial score (nSPS) is 20.3. The van der Waals surface area contributed by atoms with Crippen molar-refractivity contribution in [2.24, 2.45) is 0 Å². The molecule has 0 unspecified atom stereocenters. The number of aliphatic hydroxyl groups is 1. The molecule has 6 heteroatoms. The second-order valence-corrected chi connectivity index (χ2v) is 4.45. The van der Waals surface area contributed by atoms with E-state index < -0.39 is 0 Å². The van der Waals surface area contributed by atoms with E-state index in [-0.39, 0.29) is 12.6 Å². The maximum atomic E-state index is 9.47. The summed E-state index contributed by atoms with van der Waals surface area (Å²) in [5.74, 6) is 0.784. The molecule has 1 aliphatic heterocycles. The minimum absolute atomic E-state index is 0.124. The lowest BCUT2D eigenvalue weighted by Crippen LogP contribution is -2.42. The van der Waals surface area contributed by atoms with E-state index in [4.69, 9.17) is 0 Å². The van der Waals surface area contributed by atoms with Crippen LogP contribution in [0.15, 0.2) is 18.7 Å². The Morgan fingerprint density at radius 3 is 2.94 bits per heavy atom. The third-order valence-corrected chi connectivity index (χ3v) is 3.36. The molecule has 2 aromatic rings. The van der Waals surface area contributed by atoms with Gasteiger partial charge in [-0.15, -0.1) is 0 Å². The molecule has 0 amide bonds. The van der Waals surface area contributed by atoms with Crippen molar-refractivity contribution in [3.8, 4) is 0 Å². The van der Waals surface area contributed by atoms with Gasteiger partial charge >= 0.3 is 0 Å². The highest BCUT2D eigenvalue weighted by atomic mass is 16.3. The predicted octanol–water partition coefficient (Wildman–Crippen LogP) is 0.771. The molecule has 3 rings (SSSR count). The summed E-state index contributed by atoms with van der Waals surface area (Å²) in [6, 6.07) is 0.124. The van der Waals surface area contributed by atoms with Crippen molar-refractivity contribution < 1.29 is 5.11 Å². The minimum atomic E-state index is 0.124. The highest BCUT2D eigenvalue weighted by Crippen LogP contribution is 2.26. The molecule has 1 aliphatic rings. The summed E-state index contributed by atoms with van der Waals surface area (Å²) in [7, 11) is 0. The van der Waals surface area contributed by atoms with Gasteiger partial charge in [0.2, 0.25) is 0 Å². The molecular weight excluding hydrogens is 230 g/mol. The molecule has 1 atom stereocenters. The lowest BCUT2D eigenvalue weighted by Gasteiger charge is -2.35. The zero-order chi connectivity index (χ0) is 12.4. The Morgan fingerprint density at radius 1 is 1.17 bits per heavy atom. The molecule has 6 nitrogen and oxygen atoms in total. The minimum Gasteiger partial charge on any atom is -0.394 e. The summed E-state index contributed by atoms with van der Waals surface area (Å²) < 4.78 is 0. The van der Waals surface area contributed by atoms with Crippen molar-refractivity contribution in [1.82, 2.24) is 19.9 Å². The smallest absolute Gasteiger partial charge is 0.183 e. The number of aliphatic hydroxyl groups excluding tert-OH is 1. The molecule has 0 spiro atoms. The van der Waals surface area contributed by atoms with E-state index in [2.05, 4.69) is 24.8 Å². The van der Waals surface area contributed by atoms with Gasteiger partial charge in [-0.3, -0.25) is 0 Å². The largest absolute Gasteiger partial charge is 0.394 e. The van der Waals surface area contributed by atoms with Gasteiger partial charge in [0.1, 0.15) is 6.33 Å². The van der Waals surface area contributed by atoms with Crippen LogP contribution in [-0.4, -0.2) is 44.2 Å². The van der Waals surface area contributed by atoms with E-state index >= 15 is 0 Å². The fourth-order valence-electron chi connectivity index (χ4n) is 2.46. The van der Waals surface area contributed by atoms with Crippen molar-refractivity contribution in [2.75, 3.05) is 18.1 Å². The van der Waals surface area contributed by atoms with E-state index in [0.717, 1.165) is 31.6 Å². The third-order valence-electron chi connectivity index (χ3n) is 3.36. The molecular formula is C12H15N5O. The van der Waals surface area contributed by atoms with Gasteiger partial charge in [0, 0.05) is 18.9 Å². The second kappa shape index (κ2) is 4.81. The first-order valence-corrected chi connectivity index (χ1v) is 6.19. The van der Waals surface area contributed by atoms with Gasteiger partial charge in [0.25, 0.3) is 0 Å². The standard InChI is InChI=1S/C12H15N5O/c18-7-9-3-1-2-6-17(9)12-10-11(15-8-16-12)14-5-4-13-10/h4-5,8-9,18H,1-3,6-7H2/t9-/m0/s1. The number of nitrogens with zero attached hydrogens (tertiary/aromatic N) is 5. The highest BCUT2D eigenvalue weighted by molar-refractivity contribution is 5.82. The van der Waals surface area contributed by atoms with Crippen LogP contribution in [0.25, 0.3) is 11.2 Å². The molecule has 0 aliphatic carbocycles. The van der Waals surface area contributed by atoms with Crippen LogP contribution in [0.1, 0.15) is 19.3 Å². The molecule has 1 fully saturated rings. The Morgan fingerprint density at radius 2 is 2.06 bits per heavy atom. The van der Waals surface area contributed by atoms with Crippen molar-refractivity contribution in [1.29, 1.82) is 0 Å². The maximum Gasteiger partial charge on any atom is 0.183 e. The number of anilines is 1. The molecule has 18 heavy (non-hydrogen) atoms. The fraction of sp³-hybridized carbons (Fsp3) is 0.500. The third kappa shape index (κ3) is 1.88. The van der Waals surface area contributed by atoms with Crippen LogP contribution in [0.3, 0.4) is 0 Å². The van der Waals surface area contributed by atoms with Gasteiger partial charge in [-0.05, 0) is 19.3 Å². The van der Waals surface area contributed by atoms with E-state index in [9.17, 15) is 5.11 Å². The van der Waals surface area contributed by atoms with E-state index in [0.29, 0.717) is 11.2 Å². The number of piperidine rings is 1. The van der Waals surface area contributed by atoms with Crippen LogP contribution in [0, 0.1) is 0 Å². The molecule has 2 aromatic heterocycles. The topological polar surface area (TPSA) is 75.0 Å². The zero-order valence-electron chi connectivity index (χ0n) is 10.0. The number of aromatic nitrogens is 4. The second-order valence-electron chi connectivity index (χ2n) is 4.45. The van der Waals surface area contributed by atoms with E-state index in [1.807, 2.05) is 0 Å². The van der Waals surface area contributed by atoms with Gasteiger partial charge in [0.15, 0.2) is 17.0 Å². The number of fused-ring (bicyclic) bond motifs is 1. The fourth-order valence-corrected chi connectivity index (χ4v) is 2.46. The summed E-state index contributed by atoms with van der Waals surface area (Å²) in [6.07, 6.45) is 8.03. The van der Waals surface area contributed by atoms with Crippen molar-refractivity contribution in [2.45, 2.75) is 25.3 Å². The molecule has 94 valence electrons. The molecule has 1 saturated heterocycles. The first-order valence-electron chi connectivity index (χ1n) is 6.19. The lowest BCUT2D eigenvalue weighted by molar-refractivity contribution is 0.239. The highest BCUT2D eigenvalue weighted by Gasteiger charge is 2.25. The molecule has 0 saturated carbocycles. The Balaban J connectivity index is 2.07. The van der Waals surface area contributed by atoms with Crippen LogP contribution < -0.4 is 4.90 Å².